The SMILES string of the molecule is CC(CCc1ccc(O)cc1)N(C)C.Cl. The highest BCUT2D eigenvalue weighted by molar-refractivity contribution is 5.85. The van der Waals surface area contributed by atoms with Crippen LogP contribution in [-0.2, 0) is 6.42 Å². The van der Waals surface area contributed by atoms with Crippen LogP contribution in [0.5, 0.6) is 5.75 Å². The summed E-state index contributed by atoms with van der Waals surface area (Å²) in [5, 5.41) is 9.11. The second-order valence-electron chi connectivity index (χ2n) is 4.02. The van der Waals surface area contributed by atoms with Crippen LogP contribution in [0.2, 0.25) is 0 Å². The third-order valence-corrected chi connectivity index (χ3v) is 2.67. The lowest BCUT2D eigenvalue weighted by Gasteiger charge is -2.19. The van der Waals surface area contributed by atoms with Gasteiger partial charge in [0.05, 0.1) is 0 Å². The van der Waals surface area contributed by atoms with Gasteiger partial charge in [-0.05, 0) is 51.6 Å². The normalized spacial score (nSPS) is 12.3. The summed E-state index contributed by atoms with van der Waals surface area (Å²) in [4.78, 5) is 2.22. The minimum Gasteiger partial charge on any atom is -0.508 e. The third kappa shape index (κ3) is 5.05. The Balaban J connectivity index is 0.00000196. The molecule has 1 rings (SSSR count). The molecule has 1 aromatic rings. The van der Waals surface area contributed by atoms with Crippen molar-refractivity contribution in [2.75, 3.05) is 14.1 Å². The first-order valence-corrected chi connectivity index (χ1v) is 5.04. The Morgan fingerprint density at radius 2 is 1.73 bits per heavy atom. The number of benzene rings is 1. The van der Waals surface area contributed by atoms with E-state index in [1.165, 1.54) is 5.56 Å². The van der Waals surface area contributed by atoms with E-state index < -0.39 is 0 Å². The quantitative estimate of drug-likeness (QED) is 0.858. The Morgan fingerprint density at radius 3 is 2.20 bits per heavy atom. The van der Waals surface area contributed by atoms with Gasteiger partial charge in [-0.15, -0.1) is 12.4 Å². The minimum absolute atomic E-state index is 0. The highest BCUT2D eigenvalue weighted by atomic mass is 35.5. The molecule has 0 spiro atoms. The Kier molecular flexibility index (Phi) is 6.37. The van der Waals surface area contributed by atoms with E-state index in [1.807, 2.05) is 12.1 Å². The van der Waals surface area contributed by atoms with E-state index in [0.29, 0.717) is 11.8 Å². The van der Waals surface area contributed by atoms with Crippen molar-refractivity contribution in [1.29, 1.82) is 0 Å². The van der Waals surface area contributed by atoms with Gasteiger partial charge in [-0.1, -0.05) is 12.1 Å². The van der Waals surface area contributed by atoms with Crippen LogP contribution in [-0.4, -0.2) is 30.1 Å². The Hall–Kier alpha value is -0.730. The van der Waals surface area contributed by atoms with E-state index in [0.717, 1.165) is 12.8 Å². The summed E-state index contributed by atoms with van der Waals surface area (Å²) in [6, 6.07) is 8.06. The van der Waals surface area contributed by atoms with Crippen molar-refractivity contribution in [2.24, 2.45) is 0 Å². The fourth-order valence-electron chi connectivity index (χ4n) is 1.30. The molecule has 1 atom stereocenters. The number of aromatic hydroxyl groups is 1. The van der Waals surface area contributed by atoms with Crippen molar-refractivity contribution in [1.82, 2.24) is 4.90 Å². The summed E-state index contributed by atoms with van der Waals surface area (Å²) in [6.07, 6.45) is 2.22. The van der Waals surface area contributed by atoms with Gasteiger partial charge in [0, 0.05) is 6.04 Å². The lowest BCUT2D eigenvalue weighted by atomic mass is 10.1. The van der Waals surface area contributed by atoms with Crippen LogP contribution < -0.4 is 0 Å². The van der Waals surface area contributed by atoms with Gasteiger partial charge in [-0.3, -0.25) is 0 Å². The van der Waals surface area contributed by atoms with Crippen molar-refractivity contribution >= 4 is 12.4 Å². The summed E-state index contributed by atoms with van der Waals surface area (Å²) in [7, 11) is 4.20. The van der Waals surface area contributed by atoms with Gasteiger partial charge >= 0.3 is 0 Å². The fourth-order valence-corrected chi connectivity index (χ4v) is 1.30. The van der Waals surface area contributed by atoms with Crippen molar-refractivity contribution < 1.29 is 5.11 Å². The molecular formula is C12H20ClNO. The predicted molar refractivity (Wildman–Crippen MR) is 66.8 cm³/mol. The maximum atomic E-state index is 9.11. The first-order valence-electron chi connectivity index (χ1n) is 5.04. The summed E-state index contributed by atoms with van der Waals surface area (Å²) in [5.74, 6) is 0.342. The molecule has 15 heavy (non-hydrogen) atoms. The maximum absolute atomic E-state index is 9.11. The molecule has 1 aromatic carbocycles. The van der Waals surface area contributed by atoms with E-state index in [9.17, 15) is 0 Å². The smallest absolute Gasteiger partial charge is 0.115 e. The molecule has 0 bridgehead atoms. The van der Waals surface area contributed by atoms with Gasteiger partial charge in [0.25, 0.3) is 0 Å². The number of rotatable bonds is 4. The van der Waals surface area contributed by atoms with Crippen LogP contribution in [0.25, 0.3) is 0 Å². The summed E-state index contributed by atoms with van der Waals surface area (Å²) >= 11 is 0. The highest BCUT2D eigenvalue weighted by Crippen LogP contribution is 2.12. The van der Waals surface area contributed by atoms with Crippen LogP contribution in [0.1, 0.15) is 18.9 Å². The molecule has 0 aliphatic heterocycles. The number of halogens is 1. The lowest BCUT2D eigenvalue weighted by Crippen LogP contribution is -2.24. The molecule has 0 heterocycles. The number of phenols is 1. The Morgan fingerprint density at radius 1 is 1.20 bits per heavy atom. The molecule has 0 aromatic heterocycles. The zero-order valence-electron chi connectivity index (χ0n) is 9.60. The van der Waals surface area contributed by atoms with E-state index >= 15 is 0 Å². The average Bonchev–Trinajstić information content (AvgIpc) is 2.16. The minimum atomic E-state index is 0. The third-order valence-electron chi connectivity index (χ3n) is 2.67. The van der Waals surface area contributed by atoms with Crippen molar-refractivity contribution in [3.63, 3.8) is 0 Å². The molecule has 0 radical (unpaired) electrons. The topological polar surface area (TPSA) is 23.5 Å². The summed E-state index contributed by atoms with van der Waals surface area (Å²) < 4.78 is 0. The van der Waals surface area contributed by atoms with Gasteiger partial charge in [0.15, 0.2) is 0 Å². The Bertz CT molecular complexity index is 271. The molecule has 86 valence electrons. The number of hydrogen-bond donors (Lipinski definition) is 1. The molecule has 0 amide bonds. The molecule has 1 N–H and O–H groups in total. The van der Waals surface area contributed by atoms with Crippen LogP contribution in [0.4, 0.5) is 0 Å². The standard InChI is InChI=1S/C12H19NO.ClH/c1-10(13(2)3)4-5-11-6-8-12(14)9-7-11;/h6-10,14H,4-5H2,1-3H3;1H. The van der Waals surface area contributed by atoms with Crippen LogP contribution in [0, 0.1) is 0 Å². The summed E-state index contributed by atoms with van der Waals surface area (Å²) in [6.45, 7) is 2.22. The number of phenolic OH excluding ortho intramolecular Hbond substituents is 1. The molecule has 1 unspecified atom stereocenters. The van der Waals surface area contributed by atoms with E-state index in [-0.39, 0.29) is 12.4 Å². The second-order valence-corrected chi connectivity index (χ2v) is 4.02. The molecule has 2 nitrogen and oxygen atoms in total. The Labute approximate surface area is 98.3 Å². The molecule has 0 fully saturated rings. The van der Waals surface area contributed by atoms with Gasteiger partial charge in [-0.2, -0.15) is 0 Å². The molecule has 0 aliphatic rings. The van der Waals surface area contributed by atoms with Gasteiger partial charge < -0.3 is 10.0 Å². The van der Waals surface area contributed by atoms with E-state index in [2.05, 4.69) is 25.9 Å². The largest absolute Gasteiger partial charge is 0.508 e. The monoisotopic (exact) mass is 229 g/mol. The second kappa shape index (κ2) is 6.70. The number of nitrogens with zero attached hydrogens (tertiary/aromatic N) is 1. The van der Waals surface area contributed by atoms with Gasteiger partial charge in [0.1, 0.15) is 5.75 Å². The zero-order chi connectivity index (χ0) is 10.6. The first kappa shape index (κ1) is 14.3. The van der Waals surface area contributed by atoms with E-state index in [1.54, 1.807) is 12.1 Å². The van der Waals surface area contributed by atoms with E-state index in [4.69, 9.17) is 5.11 Å². The molecule has 0 aliphatic carbocycles. The van der Waals surface area contributed by atoms with Crippen LogP contribution in [0.3, 0.4) is 0 Å². The van der Waals surface area contributed by atoms with Crippen LogP contribution in [0.15, 0.2) is 24.3 Å². The summed E-state index contributed by atoms with van der Waals surface area (Å²) in [5.41, 5.74) is 1.29. The van der Waals surface area contributed by atoms with Crippen molar-refractivity contribution in [2.45, 2.75) is 25.8 Å². The zero-order valence-corrected chi connectivity index (χ0v) is 10.4. The predicted octanol–water partition coefficient (Wildman–Crippen LogP) is 2.70. The highest BCUT2D eigenvalue weighted by Gasteiger charge is 2.04. The van der Waals surface area contributed by atoms with Gasteiger partial charge in [0.2, 0.25) is 0 Å². The molecule has 0 saturated carbocycles. The van der Waals surface area contributed by atoms with Crippen molar-refractivity contribution in [3.8, 4) is 5.75 Å². The van der Waals surface area contributed by atoms with Gasteiger partial charge in [-0.25, -0.2) is 0 Å². The maximum Gasteiger partial charge on any atom is 0.115 e. The molecule has 0 saturated heterocycles. The van der Waals surface area contributed by atoms with Crippen LogP contribution >= 0.6 is 12.4 Å². The molecular weight excluding hydrogens is 210 g/mol. The van der Waals surface area contributed by atoms with Crippen molar-refractivity contribution in [3.05, 3.63) is 29.8 Å². The molecule has 3 heteroatoms. The first-order chi connectivity index (χ1) is 6.59. The fraction of sp³-hybridized carbons (Fsp3) is 0.500. The number of aryl methyl sites for hydroxylation is 1. The average molecular weight is 230 g/mol. The number of hydrogen-bond acceptors (Lipinski definition) is 2. The lowest BCUT2D eigenvalue weighted by molar-refractivity contribution is 0.299.